The second-order valence-corrected chi connectivity index (χ2v) is 9.26. The summed E-state index contributed by atoms with van der Waals surface area (Å²) in [6, 6.07) is 26.8. The molecule has 0 aliphatic heterocycles. The van der Waals surface area contributed by atoms with Crippen LogP contribution < -0.4 is 0 Å². The lowest BCUT2D eigenvalue weighted by Gasteiger charge is -2.23. The molecule has 4 rings (SSSR count). The Balaban J connectivity index is 1.52. The first-order valence-electron chi connectivity index (χ1n) is 10.9. The summed E-state index contributed by atoms with van der Waals surface area (Å²) in [5.74, 6) is 0.477. The minimum atomic E-state index is 0.114. The molecule has 0 N–H and O–H groups in total. The average molecular weight is 441 g/mol. The minimum Gasteiger partial charge on any atom is -0.333 e. The number of hydrogen-bond donors (Lipinski definition) is 0. The summed E-state index contributed by atoms with van der Waals surface area (Å²) < 4.78 is 0. The molecule has 32 heavy (non-hydrogen) atoms. The highest BCUT2D eigenvalue weighted by Crippen LogP contribution is 2.27. The molecule has 0 unspecified atom stereocenters. The van der Waals surface area contributed by atoms with E-state index in [1.807, 2.05) is 41.3 Å². The Morgan fingerprint density at radius 1 is 0.812 bits per heavy atom. The van der Waals surface area contributed by atoms with E-state index in [9.17, 15) is 4.79 Å². The predicted molar refractivity (Wildman–Crippen MR) is 134 cm³/mol. The van der Waals surface area contributed by atoms with Gasteiger partial charge in [-0.05, 0) is 55.2 Å². The van der Waals surface area contributed by atoms with Crippen molar-refractivity contribution >= 4 is 28.6 Å². The van der Waals surface area contributed by atoms with E-state index in [1.165, 1.54) is 33.8 Å². The molecule has 0 aliphatic rings. The van der Waals surface area contributed by atoms with Crippen LogP contribution in [0.2, 0.25) is 0 Å². The Bertz CT molecular complexity index is 1180. The average Bonchev–Trinajstić information content (AvgIpc) is 2.79. The Morgan fingerprint density at radius 2 is 1.41 bits per heavy atom. The first-order valence-corrected chi connectivity index (χ1v) is 11.8. The summed E-state index contributed by atoms with van der Waals surface area (Å²) in [6.45, 7) is 7.52. The van der Waals surface area contributed by atoms with Crippen molar-refractivity contribution in [3.63, 3.8) is 0 Å². The molecule has 4 heteroatoms. The second-order valence-electron chi connectivity index (χ2n) is 8.27. The number of benzene rings is 3. The van der Waals surface area contributed by atoms with E-state index < -0.39 is 0 Å². The Hall–Kier alpha value is -3.11. The van der Waals surface area contributed by atoms with Crippen molar-refractivity contribution in [2.45, 2.75) is 38.9 Å². The minimum absolute atomic E-state index is 0.114. The van der Waals surface area contributed by atoms with Crippen LogP contribution in [-0.4, -0.2) is 21.5 Å². The fourth-order valence-electron chi connectivity index (χ4n) is 3.96. The molecule has 1 heterocycles. The molecule has 4 aromatic rings. The summed E-state index contributed by atoms with van der Waals surface area (Å²) in [4.78, 5) is 20.1. The largest absolute Gasteiger partial charge is 0.333 e. The molecular formula is C28H28N2OS. The lowest BCUT2D eigenvalue weighted by Crippen LogP contribution is -2.31. The third-order valence-corrected chi connectivity index (χ3v) is 6.46. The van der Waals surface area contributed by atoms with Gasteiger partial charge in [-0.2, -0.15) is 0 Å². The highest BCUT2D eigenvalue weighted by molar-refractivity contribution is 7.99. The summed E-state index contributed by atoms with van der Waals surface area (Å²) >= 11 is 1.52. The molecule has 0 bridgehead atoms. The van der Waals surface area contributed by atoms with Gasteiger partial charge in [-0.25, -0.2) is 4.98 Å². The van der Waals surface area contributed by atoms with Crippen LogP contribution in [0.15, 0.2) is 83.9 Å². The van der Waals surface area contributed by atoms with Crippen molar-refractivity contribution in [1.29, 1.82) is 0 Å². The normalized spacial score (nSPS) is 11.0. The standard InChI is InChI=1S/C28H28N2OS/c1-20-14-22(3)28-25(15-20)21(2)16-26(29-28)32-19-27(31)30(17-23-10-6-4-7-11-23)18-24-12-8-5-9-13-24/h4-16H,17-19H2,1-3H3. The number of amides is 1. The van der Waals surface area contributed by atoms with Gasteiger partial charge in [0, 0.05) is 18.5 Å². The monoisotopic (exact) mass is 440 g/mol. The third kappa shape index (κ3) is 5.38. The lowest BCUT2D eigenvalue weighted by molar-refractivity contribution is -0.129. The molecule has 0 radical (unpaired) electrons. The molecule has 0 saturated heterocycles. The van der Waals surface area contributed by atoms with Crippen LogP contribution in [0, 0.1) is 20.8 Å². The van der Waals surface area contributed by atoms with Crippen molar-refractivity contribution in [2.24, 2.45) is 0 Å². The van der Waals surface area contributed by atoms with Crippen LogP contribution >= 0.6 is 11.8 Å². The number of carbonyl (C=O) groups excluding carboxylic acids is 1. The molecule has 162 valence electrons. The molecule has 0 fully saturated rings. The third-order valence-electron chi connectivity index (χ3n) is 5.56. The number of thioether (sulfide) groups is 1. The smallest absolute Gasteiger partial charge is 0.233 e. The molecule has 0 aliphatic carbocycles. The summed E-state index contributed by atoms with van der Waals surface area (Å²) in [5.41, 5.74) is 6.90. The Kier molecular flexibility index (Phi) is 6.91. The number of carbonyl (C=O) groups is 1. The summed E-state index contributed by atoms with van der Waals surface area (Å²) in [7, 11) is 0. The van der Waals surface area contributed by atoms with E-state index in [1.54, 1.807) is 0 Å². The van der Waals surface area contributed by atoms with E-state index in [0.717, 1.165) is 21.7 Å². The molecule has 1 amide bonds. The maximum atomic E-state index is 13.3. The molecule has 0 atom stereocenters. The number of hydrogen-bond acceptors (Lipinski definition) is 3. The van der Waals surface area contributed by atoms with Gasteiger partial charge in [0.05, 0.1) is 16.3 Å². The maximum absolute atomic E-state index is 13.3. The number of pyridine rings is 1. The van der Waals surface area contributed by atoms with Gasteiger partial charge in [0.25, 0.3) is 0 Å². The van der Waals surface area contributed by atoms with Crippen molar-refractivity contribution < 1.29 is 4.79 Å². The highest BCUT2D eigenvalue weighted by atomic mass is 32.2. The van der Waals surface area contributed by atoms with E-state index >= 15 is 0 Å². The Morgan fingerprint density at radius 3 is 2.00 bits per heavy atom. The van der Waals surface area contributed by atoms with Gasteiger partial charge in [0.2, 0.25) is 5.91 Å². The summed E-state index contributed by atoms with van der Waals surface area (Å²) in [5, 5.41) is 2.09. The second kappa shape index (κ2) is 10.0. The first-order chi connectivity index (χ1) is 15.5. The number of nitrogens with zero attached hydrogens (tertiary/aromatic N) is 2. The number of aromatic nitrogens is 1. The quantitative estimate of drug-likeness (QED) is 0.308. The van der Waals surface area contributed by atoms with Crippen LogP contribution in [0.5, 0.6) is 0 Å². The molecule has 0 spiro atoms. The van der Waals surface area contributed by atoms with Gasteiger partial charge in [0.15, 0.2) is 0 Å². The van der Waals surface area contributed by atoms with E-state index in [0.29, 0.717) is 18.8 Å². The van der Waals surface area contributed by atoms with E-state index in [-0.39, 0.29) is 5.91 Å². The number of aryl methyl sites for hydroxylation is 3. The first kappa shape index (κ1) is 22.1. The predicted octanol–water partition coefficient (Wildman–Crippen LogP) is 6.48. The molecule has 1 aromatic heterocycles. The SMILES string of the molecule is Cc1cc(C)c2nc(SCC(=O)N(Cc3ccccc3)Cc3ccccc3)cc(C)c2c1. The number of fused-ring (bicyclic) bond motifs is 1. The molecular weight excluding hydrogens is 412 g/mol. The van der Waals surface area contributed by atoms with Crippen molar-refractivity contribution in [1.82, 2.24) is 9.88 Å². The van der Waals surface area contributed by atoms with Crippen LogP contribution in [0.3, 0.4) is 0 Å². The topological polar surface area (TPSA) is 33.2 Å². The van der Waals surface area contributed by atoms with Gasteiger partial charge in [0.1, 0.15) is 0 Å². The van der Waals surface area contributed by atoms with Crippen molar-refractivity contribution in [2.75, 3.05) is 5.75 Å². The van der Waals surface area contributed by atoms with Gasteiger partial charge in [-0.15, -0.1) is 0 Å². The fraction of sp³-hybridized carbons (Fsp3) is 0.214. The van der Waals surface area contributed by atoms with Gasteiger partial charge >= 0.3 is 0 Å². The van der Waals surface area contributed by atoms with Gasteiger partial charge in [-0.3, -0.25) is 4.79 Å². The lowest BCUT2D eigenvalue weighted by atomic mass is 10.0. The summed E-state index contributed by atoms with van der Waals surface area (Å²) in [6.07, 6.45) is 0. The van der Waals surface area contributed by atoms with Crippen LogP contribution in [0.4, 0.5) is 0 Å². The van der Waals surface area contributed by atoms with Crippen LogP contribution in [0.25, 0.3) is 10.9 Å². The zero-order valence-electron chi connectivity index (χ0n) is 18.8. The highest BCUT2D eigenvalue weighted by Gasteiger charge is 2.16. The fourth-order valence-corrected chi connectivity index (χ4v) is 4.83. The van der Waals surface area contributed by atoms with Crippen molar-refractivity contribution in [3.8, 4) is 0 Å². The van der Waals surface area contributed by atoms with E-state index in [2.05, 4.69) is 63.2 Å². The number of rotatable bonds is 7. The van der Waals surface area contributed by atoms with Gasteiger partial charge < -0.3 is 4.90 Å². The van der Waals surface area contributed by atoms with Crippen molar-refractivity contribution in [3.05, 3.63) is 107 Å². The maximum Gasteiger partial charge on any atom is 0.233 e. The van der Waals surface area contributed by atoms with E-state index in [4.69, 9.17) is 4.98 Å². The van der Waals surface area contributed by atoms with Gasteiger partial charge in [-0.1, -0.05) is 84.1 Å². The zero-order chi connectivity index (χ0) is 22.5. The molecule has 3 nitrogen and oxygen atoms in total. The molecule has 0 saturated carbocycles. The zero-order valence-corrected chi connectivity index (χ0v) is 19.7. The Labute approximate surface area is 194 Å². The molecule has 3 aromatic carbocycles. The van der Waals surface area contributed by atoms with Crippen LogP contribution in [0.1, 0.15) is 27.8 Å². The van der Waals surface area contributed by atoms with Crippen LogP contribution in [-0.2, 0) is 17.9 Å².